The summed E-state index contributed by atoms with van der Waals surface area (Å²) in [5, 5.41) is 5.40. The lowest BCUT2D eigenvalue weighted by Gasteiger charge is -2.29. The summed E-state index contributed by atoms with van der Waals surface area (Å²) in [4.78, 5) is 24.5. The second-order valence-corrected chi connectivity index (χ2v) is 11.1. The van der Waals surface area contributed by atoms with E-state index < -0.39 is 16.1 Å². The van der Waals surface area contributed by atoms with Crippen molar-refractivity contribution < 1.29 is 18.0 Å². The lowest BCUT2D eigenvalue weighted by Crippen LogP contribution is -2.42. The molecule has 2 amide bonds. The number of piperidine rings is 1. The highest BCUT2D eigenvalue weighted by molar-refractivity contribution is 7.89. The first kappa shape index (κ1) is 23.3. The first-order valence-electron chi connectivity index (χ1n) is 10.1. The molecule has 2 rings (SSSR count). The molecule has 2 N–H and O–H groups in total. The fourth-order valence-electron chi connectivity index (χ4n) is 3.17. The minimum Gasteiger partial charge on any atom is -0.345 e. The molecule has 0 aliphatic carbocycles. The third-order valence-corrected chi connectivity index (χ3v) is 6.88. The van der Waals surface area contributed by atoms with Crippen LogP contribution in [0.5, 0.6) is 0 Å². The van der Waals surface area contributed by atoms with Gasteiger partial charge < -0.3 is 10.6 Å². The molecule has 1 aliphatic rings. The Kier molecular flexibility index (Phi) is 7.45. The Balaban J connectivity index is 1.96. The van der Waals surface area contributed by atoms with E-state index in [4.69, 9.17) is 0 Å². The van der Waals surface area contributed by atoms with Gasteiger partial charge in [0, 0.05) is 25.2 Å². The molecule has 1 atom stereocenters. The molecule has 1 heterocycles. The monoisotopic (exact) mass is 423 g/mol. The van der Waals surface area contributed by atoms with Crippen LogP contribution in [0.3, 0.4) is 0 Å². The fourth-order valence-corrected chi connectivity index (χ4v) is 4.64. The van der Waals surface area contributed by atoms with Crippen molar-refractivity contribution in [2.75, 3.05) is 18.4 Å². The van der Waals surface area contributed by atoms with Gasteiger partial charge in [0.15, 0.2) is 0 Å². The zero-order valence-electron chi connectivity index (χ0n) is 18.0. The topological polar surface area (TPSA) is 95.6 Å². The van der Waals surface area contributed by atoms with Crippen LogP contribution in [0, 0.1) is 11.3 Å². The smallest absolute Gasteiger partial charge is 0.246 e. The van der Waals surface area contributed by atoms with Gasteiger partial charge in [-0.05, 0) is 55.4 Å². The van der Waals surface area contributed by atoms with E-state index >= 15 is 0 Å². The van der Waals surface area contributed by atoms with Gasteiger partial charge in [-0.25, -0.2) is 8.42 Å². The van der Waals surface area contributed by atoms with Crippen LogP contribution in [-0.4, -0.2) is 43.7 Å². The van der Waals surface area contributed by atoms with E-state index in [9.17, 15) is 18.0 Å². The Labute approximate surface area is 174 Å². The lowest BCUT2D eigenvalue weighted by molar-refractivity contribution is -0.127. The van der Waals surface area contributed by atoms with Crippen molar-refractivity contribution in [2.24, 2.45) is 11.3 Å². The van der Waals surface area contributed by atoms with E-state index in [1.165, 1.54) is 16.4 Å². The standard InChI is InChI=1S/C21H33N3O4S/c1-15-10-12-24(13-11-15)29(27,28)18-8-6-17(7-9-18)23-20(26)16(2)22-19(25)14-21(3,4)5/h6-9,15-16H,10-14H2,1-5H3,(H,22,25)(H,23,26)/t16-/m0/s1. The number of carbonyl (C=O) groups excluding carboxylic acids is 2. The van der Waals surface area contributed by atoms with E-state index in [1.54, 1.807) is 19.1 Å². The van der Waals surface area contributed by atoms with E-state index in [2.05, 4.69) is 17.6 Å². The van der Waals surface area contributed by atoms with Gasteiger partial charge in [0.1, 0.15) is 6.04 Å². The molecule has 0 unspecified atom stereocenters. The van der Waals surface area contributed by atoms with Crippen molar-refractivity contribution in [1.29, 1.82) is 0 Å². The Bertz CT molecular complexity index is 820. The van der Waals surface area contributed by atoms with Crippen LogP contribution in [0.4, 0.5) is 5.69 Å². The van der Waals surface area contributed by atoms with E-state index in [0.717, 1.165) is 12.8 Å². The molecule has 1 saturated heterocycles. The summed E-state index contributed by atoms with van der Waals surface area (Å²) in [5.74, 6) is 0.00948. The predicted octanol–water partition coefficient (Wildman–Crippen LogP) is 2.99. The number of hydrogen-bond donors (Lipinski definition) is 2. The zero-order valence-corrected chi connectivity index (χ0v) is 18.8. The van der Waals surface area contributed by atoms with Crippen LogP contribution >= 0.6 is 0 Å². The summed E-state index contributed by atoms with van der Waals surface area (Å²) in [6, 6.07) is 5.46. The highest BCUT2D eigenvalue weighted by atomic mass is 32.2. The summed E-state index contributed by atoms with van der Waals surface area (Å²) in [6.45, 7) is 10.7. The van der Waals surface area contributed by atoms with Gasteiger partial charge in [0.05, 0.1) is 4.90 Å². The van der Waals surface area contributed by atoms with Gasteiger partial charge >= 0.3 is 0 Å². The number of benzene rings is 1. The minimum absolute atomic E-state index is 0.159. The maximum Gasteiger partial charge on any atom is 0.246 e. The minimum atomic E-state index is -3.52. The van der Waals surface area contributed by atoms with Crippen molar-refractivity contribution in [2.45, 2.75) is 64.8 Å². The second kappa shape index (κ2) is 9.26. The molecule has 1 aromatic rings. The highest BCUT2D eigenvalue weighted by Gasteiger charge is 2.28. The molecule has 162 valence electrons. The van der Waals surface area contributed by atoms with Gasteiger partial charge in [-0.1, -0.05) is 27.7 Å². The van der Waals surface area contributed by atoms with Crippen LogP contribution in [0.15, 0.2) is 29.2 Å². The number of nitrogens with zero attached hydrogens (tertiary/aromatic N) is 1. The molecule has 0 bridgehead atoms. The maximum atomic E-state index is 12.8. The summed E-state index contributed by atoms with van der Waals surface area (Å²) in [5.41, 5.74) is 0.326. The summed E-state index contributed by atoms with van der Waals surface area (Å²) < 4.78 is 27.0. The SMILES string of the molecule is CC1CCN(S(=O)(=O)c2ccc(NC(=O)[C@H](C)NC(=O)CC(C)(C)C)cc2)CC1. The van der Waals surface area contributed by atoms with Crippen LogP contribution in [-0.2, 0) is 19.6 Å². The number of anilines is 1. The van der Waals surface area contributed by atoms with Crippen LogP contribution in [0.2, 0.25) is 0 Å². The van der Waals surface area contributed by atoms with E-state index in [-0.39, 0.29) is 22.1 Å². The third-order valence-electron chi connectivity index (χ3n) is 4.96. The Hall–Kier alpha value is -1.93. The molecular formula is C21H33N3O4S. The molecule has 7 nitrogen and oxygen atoms in total. The van der Waals surface area contributed by atoms with Gasteiger partial charge in [-0.15, -0.1) is 0 Å². The maximum absolute atomic E-state index is 12.8. The first-order chi connectivity index (χ1) is 13.4. The normalized spacial score (nSPS) is 17.6. The van der Waals surface area contributed by atoms with Crippen LogP contribution in [0.1, 0.15) is 53.9 Å². The molecular weight excluding hydrogens is 390 g/mol. The third kappa shape index (κ3) is 6.82. The van der Waals surface area contributed by atoms with Crippen molar-refractivity contribution >= 4 is 27.5 Å². The average Bonchev–Trinajstić information content (AvgIpc) is 2.60. The van der Waals surface area contributed by atoms with Crippen LogP contribution < -0.4 is 10.6 Å². The molecule has 1 aromatic carbocycles. The lowest BCUT2D eigenvalue weighted by atomic mass is 9.92. The van der Waals surface area contributed by atoms with E-state index in [0.29, 0.717) is 31.1 Å². The molecule has 1 fully saturated rings. The molecule has 8 heteroatoms. The molecule has 0 spiro atoms. The Morgan fingerprint density at radius 1 is 1.14 bits per heavy atom. The average molecular weight is 424 g/mol. The number of amides is 2. The van der Waals surface area contributed by atoms with E-state index in [1.807, 2.05) is 20.8 Å². The number of nitrogens with one attached hydrogen (secondary N) is 2. The van der Waals surface area contributed by atoms with Gasteiger partial charge in [0.25, 0.3) is 0 Å². The highest BCUT2D eigenvalue weighted by Crippen LogP contribution is 2.24. The molecule has 29 heavy (non-hydrogen) atoms. The molecule has 0 radical (unpaired) electrons. The van der Waals surface area contributed by atoms with Crippen LogP contribution in [0.25, 0.3) is 0 Å². The number of sulfonamides is 1. The zero-order chi connectivity index (χ0) is 21.8. The number of rotatable bonds is 6. The Morgan fingerprint density at radius 2 is 1.69 bits per heavy atom. The van der Waals surface area contributed by atoms with Crippen molar-refractivity contribution in [3.05, 3.63) is 24.3 Å². The molecule has 0 saturated carbocycles. The second-order valence-electron chi connectivity index (χ2n) is 9.13. The van der Waals surface area contributed by atoms with Gasteiger partial charge in [-0.2, -0.15) is 4.31 Å². The summed E-state index contributed by atoms with van der Waals surface area (Å²) >= 11 is 0. The predicted molar refractivity (Wildman–Crippen MR) is 114 cm³/mol. The Morgan fingerprint density at radius 3 is 2.21 bits per heavy atom. The molecule has 1 aliphatic heterocycles. The number of carbonyl (C=O) groups is 2. The summed E-state index contributed by atoms with van der Waals surface area (Å²) in [6.07, 6.45) is 2.06. The van der Waals surface area contributed by atoms with Gasteiger partial charge in [-0.3, -0.25) is 9.59 Å². The van der Waals surface area contributed by atoms with Gasteiger partial charge in [0.2, 0.25) is 21.8 Å². The first-order valence-corrected chi connectivity index (χ1v) is 11.5. The largest absolute Gasteiger partial charge is 0.345 e. The van der Waals surface area contributed by atoms with Crippen molar-refractivity contribution in [3.8, 4) is 0 Å². The fraction of sp³-hybridized carbons (Fsp3) is 0.619. The quantitative estimate of drug-likeness (QED) is 0.735. The number of hydrogen-bond acceptors (Lipinski definition) is 4. The van der Waals surface area contributed by atoms with Crippen molar-refractivity contribution in [1.82, 2.24) is 9.62 Å². The summed E-state index contributed by atoms with van der Waals surface area (Å²) in [7, 11) is -3.52. The molecule has 0 aromatic heterocycles. The van der Waals surface area contributed by atoms with Crippen molar-refractivity contribution in [3.63, 3.8) is 0 Å².